The summed E-state index contributed by atoms with van der Waals surface area (Å²) in [5, 5.41) is 6.91. The van der Waals surface area contributed by atoms with E-state index in [0.717, 1.165) is 5.69 Å². The third kappa shape index (κ3) is 3.28. The second kappa shape index (κ2) is 6.75. The van der Waals surface area contributed by atoms with Crippen molar-refractivity contribution in [1.29, 1.82) is 0 Å². The lowest BCUT2D eigenvalue weighted by atomic mass is 10.2. The van der Waals surface area contributed by atoms with E-state index in [0.29, 0.717) is 22.8 Å². The molecule has 27 heavy (non-hydrogen) atoms. The van der Waals surface area contributed by atoms with Crippen molar-refractivity contribution in [2.75, 3.05) is 5.32 Å². The molecule has 0 fully saturated rings. The molecule has 0 bridgehead atoms. The molecule has 8 heteroatoms. The van der Waals surface area contributed by atoms with Gasteiger partial charge in [-0.2, -0.15) is 5.10 Å². The average Bonchev–Trinajstić information content (AvgIpc) is 3.33. The van der Waals surface area contributed by atoms with Gasteiger partial charge in [0.05, 0.1) is 17.6 Å². The maximum absolute atomic E-state index is 12.4. The minimum Gasteiger partial charge on any atom is -0.321 e. The fourth-order valence-corrected chi connectivity index (χ4v) is 2.74. The number of pyridine rings is 1. The van der Waals surface area contributed by atoms with E-state index in [2.05, 4.69) is 20.4 Å². The smallest absolute Gasteiger partial charge is 0.321 e. The van der Waals surface area contributed by atoms with Crippen molar-refractivity contribution in [3.05, 3.63) is 89.0 Å². The normalized spacial score (nSPS) is 10.7. The molecule has 3 aromatic heterocycles. The van der Waals surface area contributed by atoms with Crippen LogP contribution in [-0.2, 0) is 0 Å². The zero-order valence-corrected chi connectivity index (χ0v) is 14.5. The van der Waals surface area contributed by atoms with Crippen LogP contribution in [0.5, 0.6) is 0 Å². The predicted molar refractivity (Wildman–Crippen MR) is 100 cm³/mol. The maximum atomic E-state index is 12.4. The number of imidazole rings is 1. The lowest BCUT2D eigenvalue weighted by Gasteiger charge is -2.08. The second-order valence-corrected chi connectivity index (χ2v) is 5.93. The number of nitrogens with zero attached hydrogens (tertiary/aromatic N) is 4. The van der Waals surface area contributed by atoms with E-state index in [4.69, 9.17) is 0 Å². The number of amides is 1. The van der Waals surface area contributed by atoms with Crippen LogP contribution in [0.3, 0.4) is 0 Å². The highest BCUT2D eigenvalue weighted by atomic mass is 16.2. The highest BCUT2D eigenvalue weighted by Crippen LogP contribution is 2.13. The molecule has 3 heterocycles. The first kappa shape index (κ1) is 16.5. The van der Waals surface area contributed by atoms with Crippen LogP contribution in [0.4, 0.5) is 5.69 Å². The molecule has 0 spiro atoms. The van der Waals surface area contributed by atoms with E-state index in [1.54, 1.807) is 70.4 Å². The van der Waals surface area contributed by atoms with Crippen LogP contribution in [0, 0.1) is 6.92 Å². The van der Waals surface area contributed by atoms with E-state index in [9.17, 15) is 9.59 Å². The Labute approximate surface area is 154 Å². The number of H-pyrrole nitrogens is 1. The quantitative estimate of drug-likeness (QED) is 0.583. The van der Waals surface area contributed by atoms with Crippen molar-refractivity contribution in [2.45, 2.75) is 6.92 Å². The summed E-state index contributed by atoms with van der Waals surface area (Å²) in [5.74, 6) is 0.406. The van der Waals surface area contributed by atoms with Gasteiger partial charge in [-0.1, -0.05) is 0 Å². The topological polar surface area (TPSA) is 97.6 Å². The van der Waals surface area contributed by atoms with E-state index >= 15 is 0 Å². The first-order valence-electron chi connectivity index (χ1n) is 8.27. The summed E-state index contributed by atoms with van der Waals surface area (Å²) in [6, 6.07) is 12.2. The molecule has 0 atom stereocenters. The van der Waals surface area contributed by atoms with Crippen molar-refractivity contribution in [3.8, 4) is 11.5 Å². The molecule has 4 rings (SSSR count). The van der Waals surface area contributed by atoms with Crippen LogP contribution in [-0.4, -0.2) is 30.2 Å². The van der Waals surface area contributed by atoms with Gasteiger partial charge in [-0.25, -0.2) is 14.5 Å². The van der Waals surface area contributed by atoms with Crippen LogP contribution in [0.2, 0.25) is 0 Å². The Balaban J connectivity index is 1.49. The summed E-state index contributed by atoms with van der Waals surface area (Å²) in [6.07, 6.45) is 6.68. The molecule has 0 aliphatic carbocycles. The van der Waals surface area contributed by atoms with Crippen LogP contribution < -0.4 is 11.0 Å². The third-order valence-corrected chi connectivity index (χ3v) is 4.09. The largest absolute Gasteiger partial charge is 0.330 e. The molecule has 0 saturated heterocycles. The molecule has 4 aromatic rings. The van der Waals surface area contributed by atoms with Gasteiger partial charge >= 0.3 is 5.69 Å². The van der Waals surface area contributed by atoms with Crippen molar-refractivity contribution >= 4 is 11.6 Å². The molecule has 0 radical (unpaired) electrons. The van der Waals surface area contributed by atoms with Crippen LogP contribution in [0.15, 0.2) is 72.0 Å². The molecular weight excluding hydrogens is 344 g/mol. The van der Waals surface area contributed by atoms with Gasteiger partial charge in [0.25, 0.3) is 5.91 Å². The zero-order chi connectivity index (χ0) is 18.8. The number of nitrogens with one attached hydrogen (secondary N) is 2. The molecule has 1 aromatic carbocycles. The number of carbonyl (C=O) groups excluding carboxylic acids is 1. The van der Waals surface area contributed by atoms with Crippen molar-refractivity contribution in [2.24, 2.45) is 0 Å². The van der Waals surface area contributed by atoms with Gasteiger partial charge in [0.15, 0.2) is 5.82 Å². The van der Waals surface area contributed by atoms with Gasteiger partial charge in [-0.15, -0.1) is 0 Å². The second-order valence-electron chi connectivity index (χ2n) is 5.93. The van der Waals surface area contributed by atoms with Crippen LogP contribution in [0.25, 0.3) is 11.5 Å². The van der Waals surface area contributed by atoms with Gasteiger partial charge in [0.1, 0.15) is 0 Å². The number of carbonyl (C=O) groups is 1. The van der Waals surface area contributed by atoms with Crippen molar-refractivity contribution < 1.29 is 4.79 Å². The minimum absolute atomic E-state index is 0.215. The van der Waals surface area contributed by atoms with Crippen molar-refractivity contribution in [3.63, 3.8) is 0 Å². The highest BCUT2D eigenvalue weighted by molar-refractivity contribution is 6.04. The van der Waals surface area contributed by atoms with E-state index in [-0.39, 0.29) is 11.6 Å². The SMILES string of the molecule is Cc1c[nH]c(=O)n1-c1ccc(C(=O)Nc2ccc(-n3cccn3)nc2)cc1. The van der Waals surface area contributed by atoms with Crippen LogP contribution >= 0.6 is 0 Å². The zero-order valence-electron chi connectivity index (χ0n) is 14.5. The standard InChI is InChI=1S/C19H16N6O2/c1-13-11-21-19(27)25(13)16-6-3-14(4-7-16)18(26)23-15-5-8-17(20-12-15)24-10-2-9-22-24/h2-12H,1H3,(H,21,27)(H,23,26). The Hall–Kier alpha value is -3.94. The van der Waals surface area contributed by atoms with Crippen molar-refractivity contribution in [1.82, 2.24) is 24.3 Å². The minimum atomic E-state index is -0.256. The Morgan fingerprint density at radius 1 is 1.15 bits per heavy atom. The Morgan fingerprint density at radius 3 is 2.56 bits per heavy atom. The number of rotatable bonds is 4. The van der Waals surface area contributed by atoms with Gasteiger partial charge in [-0.05, 0) is 49.4 Å². The Bertz CT molecular complexity index is 1120. The molecule has 0 unspecified atom stereocenters. The Kier molecular flexibility index (Phi) is 4.13. The monoisotopic (exact) mass is 360 g/mol. The van der Waals surface area contributed by atoms with Gasteiger partial charge in [0, 0.05) is 29.8 Å². The number of hydrogen-bond acceptors (Lipinski definition) is 4. The summed E-state index contributed by atoms with van der Waals surface area (Å²) < 4.78 is 3.18. The maximum Gasteiger partial charge on any atom is 0.330 e. The van der Waals surface area contributed by atoms with E-state index < -0.39 is 0 Å². The number of aromatic amines is 1. The third-order valence-electron chi connectivity index (χ3n) is 4.09. The summed E-state index contributed by atoms with van der Waals surface area (Å²) in [7, 11) is 0. The lowest BCUT2D eigenvalue weighted by molar-refractivity contribution is 0.102. The predicted octanol–water partition coefficient (Wildman–Crippen LogP) is 2.31. The average molecular weight is 360 g/mol. The van der Waals surface area contributed by atoms with E-state index in [1.165, 1.54) is 0 Å². The number of benzene rings is 1. The number of aryl methyl sites for hydroxylation is 1. The first-order valence-corrected chi connectivity index (χ1v) is 8.27. The fourth-order valence-electron chi connectivity index (χ4n) is 2.74. The first-order chi connectivity index (χ1) is 13.1. The number of anilines is 1. The molecule has 1 amide bonds. The van der Waals surface area contributed by atoms with E-state index in [1.807, 2.05) is 13.0 Å². The summed E-state index contributed by atoms with van der Waals surface area (Å²) in [5.41, 5.74) is 2.34. The van der Waals surface area contributed by atoms with Crippen LogP contribution in [0.1, 0.15) is 16.1 Å². The van der Waals surface area contributed by atoms with Gasteiger partial charge in [-0.3, -0.25) is 9.36 Å². The molecular formula is C19H16N6O2. The number of hydrogen-bond donors (Lipinski definition) is 2. The molecule has 8 nitrogen and oxygen atoms in total. The van der Waals surface area contributed by atoms with Gasteiger partial charge in [0.2, 0.25) is 0 Å². The fraction of sp³-hybridized carbons (Fsp3) is 0.0526. The molecule has 2 N–H and O–H groups in total. The molecule has 0 aliphatic rings. The summed E-state index contributed by atoms with van der Waals surface area (Å²) in [6.45, 7) is 1.83. The van der Waals surface area contributed by atoms with Gasteiger partial charge < -0.3 is 10.3 Å². The lowest BCUT2D eigenvalue weighted by Crippen LogP contribution is -2.16. The number of aromatic nitrogens is 5. The Morgan fingerprint density at radius 2 is 1.96 bits per heavy atom. The molecule has 134 valence electrons. The highest BCUT2D eigenvalue weighted by Gasteiger charge is 2.09. The molecule has 0 aliphatic heterocycles. The molecule has 0 saturated carbocycles. The summed E-state index contributed by atoms with van der Waals surface area (Å²) >= 11 is 0. The summed E-state index contributed by atoms with van der Waals surface area (Å²) in [4.78, 5) is 31.2.